The molecular weight excluding hydrogens is 797 g/mol. The number of aliphatic carboxylic acids is 2. The smallest absolute Gasteiger partial charge is 0.480 e. The topological polar surface area (TPSA) is 213 Å². The molecule has 0 aliphatic heterocycles. The molecule has 46 heavy (non-hydrogen) atoms. The number of hydrogen-bond acceptors (Lipinski definition) is 8. The van der Waals surface area contributed by atoms with E-state index in [2.05, 4.69) is 26.3 Å². The van der Waals surface area contributed by atoms with Crippen LogP contribution in [0.4, 0.5) is 4.79 Å². The van der Waals surface area contributed by atoms with Crippen molar-refractivity contribution >= 4 is 39.0 Å². The Morgan fingerprint density at radius 2 is 1.37 bits per heavy atom. The number of rotatable bonds is 25. The summed E-state index contributed by atoms with van der Waals surface area (Å²) in [6.07, 6.45) is 10.2. The van der Waals surface area contributed by atoms with Gasteiger partial charge in [-0.15, -0.1) is 0 Å². The molecule has 0 bridgehead atoms. The van der Waals surface area contributed by atoms with Crippen LogP contribution in [-0.2, 0) is 23.9 Å². The number of aromatic nitrogens is 1. The van der Waals surface area contributed by atoms with Gasteiger partial charge in [-0.25, -0.2) is 9.59 Å². The Balaban J connectivity index is 2.04. The van der Waals surface area contributed by atoms with E-state index in [1.54, 1.807) is 12.3 Å². The quantitative estimate of drug-likeness (QED) is 0.0791. The van der Waals surface area contributed by atoms with Crippen molar-refractivity contribution in [1.29, 1.82) is 0 Å². The molecule has 0 radical (unpaired) electrons. The maximum atomic E-state index is 12.2. The first-order chi connectivity index (χ1) is 22.0. The van der Waals surface area contributed by atoms with Crippen molar-refractivity contribution in [2.75, 3.05) is 19.7 Å². The number of carbonyl (C=O) groups excluding carboxylic acids is 4. The van der Waals surface area contributed by atoms with Crippen LogP contribution >= 0.6 is 0 Å². The summed E-state index contributed by atoms with van der Waals surface area (Å²) in [4.78, 5) is 74.7. The molecule has 0 aromatic carbocycles. The molecule has 1 aromatic rings. The molecule has 15 heteroatoms. The SMILES string of the molecule is CCC[C@H](NC(=O)OCCCCCNC(=O)CCCCCCC(=O)NC(CCCCNC(=O)c1cncc([211At])c1)C(=O)O)C(=O)O. The van der Waals surface area contributed by atoms with Gasteiger partial charge in [-0.1, -0.05) is 26.2 Å². The van der Waals surface area contributed by atoms with Gasteiger partial charge in [-0.2, -0.15) is 0 Å². The van der Waals surface area contributed by atoms with Gasteiger partial charge >= 0.3 is 144 Å². The number of ether oxygens (including phenoxy) is 1. The first-order valence-electron chi connectivity index (χ1n) is 15.9. The summed E-state index contributed by atoms with van der Waals surface area (Å²) in [7, 11) is 0. The fourth-order valence-corrected chi connectivity index (χ4v) is 5.05. The summed E-state index contributed by atoms with van der Waals surface area (Å²) >= 11 is 1.43. The molecular formula is C31H48AtN5O9. The Hall–Kier alpha value is -3.35. The van der Waals surface area contributed by atoms with E-state index < -0.39 is 30.1 Å². The predicted molar refractivity (Wildman–Crippen MR) is 165 cm³/mol. The van der Waals surface area contributed by atoms with Gasteiger partial charge in [0.15, 0.2) is 0 Å². The molecule has 0 aliphatic carbocycles. The minimum absolute atomic E-state index is 0.0550. The van der Waals surface area contributed by atoms with Crippen molar-refractivity contribution in [2.24, 2.45) is 0 Å². The number of hydrogen-bond donors (Lipinski definition) is 6. The van der Waals surface area contributed by atoms with Crippen molar-refractivity contribution < 1.29 is 68.4 Å². The van der Waals surface area contributed by atoms with E-state index in [-0.39, 0.29) is 37.2 Å². The third-order valence-corrected chi connectivity index (χ3v) is 7.71. The van der Waals surface area contributed by atoms with E-state index in [0.717, 1.165) is 29.0 Å². The number of nitrogens with one attached hydrogen (secondary N) is 4. The average Bonchev–Trinajstić information content (AvgIpc) is 3.01. The number of carboxylic acids is 2. The van der Waals surface area contributed by atoms with Gasteiger partial charge in [0.2, 0.25) is 5.91 Å². The van der Waals surface area contributed by atoms with E-state index >= 15 is 0 Å². The van der Waals surface area contributed by atoms with E-state index in [9.17, 15) is 33.9 Å². The van der Waals surface area contributed by atoms with Gasteiger partial charge < -0.3 is 20.5 Å². The van der Waals surface area contributed by atoms with Crippen molar-refractivity contribution in [2.45, 2.75) is 109 Å². The molecule has 258 valence electrons. The van der Waals surface area contributed by atoms with Gasteiger partial charge in [0.1, 0.15) is 6.04 Å². The van der Waals surface area contributed by atoms with Crippen molar-refractivity contribution in [1.82, 2.24) is 26.3 Å². The van der Waals surface area contributed by atoms with Crippen LogP contribution in [0.2, 0.25) is 0 Å². The summed E-state index contributed by atoms with van der Waals surface area (Å²) in [6.45, 7) is 2.90. The van der Waals surface area contributed by atoms with Crippen molar-refractivity contribution in [3.63, 3.8) is 0 Å². The van der Waals surface area contributed by atoms with Crippen LogP contribution < -0.4 is 24.5 Å². The third-order valence-electron chi connectivity index (χ3n) is 6.91. The van der Waals surface area contributed by atoms with E-state index in [1.165, 1.54) is 30.9 Å². The van der Waals surface area contributed by atoms with Crippen LogP contribution in [-0.4, -0.2) is 82.7 Å². The van der Waals surface area contributed by atoms with E-state index in [1.807, 2.05) is 6.92 Å². The monoisotopic (exact) mass is 845 g/mol. The number of unbranched alkanes of at least 4 members (excludes halogenated alkanes) is 6. The standard InChI is InChI=1S/C31H48AtN5O9/c1-2-12-24(29(41)42)37-31(45)46-18-11-5-9-16-34-26(38)14-6-3-4-7-15-27(39)36-25(30(43)44)13-8-10-17-35-28(40)22-19-23(32)21-33-20-22/h19-21,24-25H,2-18H2,1H3,(H,34,38)(H,35,40)(H,36,39)(H,37,45)(H,41,42)(H,43,44)/t24-,25?/m0/s1/i32+1. The van der Waals surface area contributed by atoms with Crippen LogP contribution in [0.25, 0.3) is 0 Å². The Morgan fingerprint density at radius 3 is 2.02 bits per heavy atom. The van der Waals surface area contributed by atoms with Gasteiger partial charge in [0.05, 0.1) is 6.61 Å². The second kappa shape index (κ2) is 24.8. The molecule has 0 saturated carbocycles. The van der Waals surface area contributed by atoms with Crippen molar-refractivity contribution in [3.8, 4) is 0 Å². The molecule has 0 spiro atoms. The number of pyridine rings is 1. The Morgan fingerprint density at radius 1 is 0.761 bits per heavy atom. The average molecular weight is 846 g/mol. The summed E-state index contributed by atoms with van der Waals surface area (Å²) in [5.74, 6) is -2.79. The third kappa shape index (κ3) is 19.9. The molecule has 14 nitrogen and oxygen atoms in total. The summed E-state index contributed by atoms with van der Waals surface area (Å²) in [6, 6.07) is -0.175. The van der Waals surface area contributed by atoms with E-state index in [4.69, 9.17) is 9.84 Å². The molecule has 0 fully saturated rings. The summed E-state index contributed by atoms with van der Waals surface area (Å²) in [5.41, 5.74) is 0.484. The first-order valence-corrected chi connectivity index (χ1v) is 17.3. The number of nitrogens with zero attached hydrogens (tertiary/aromatic N) is 1. The van der Waals surface area contributed by atoms with Crippen LogP contribution in [0.3, 0.4) is 0 Å². The summed E-state index contributed by atoms with van der Waals surface area (Å²) in [5, 5.41) is 29.1. The Kier molecular flexibility index (Phi) is 22.0. The fourth-order valence-electron chi connectivity index (χ4n) is 4.38. The van der Waals surface area contributed by atoms with E-state index in [0.29, 0.717) is 70.0 Å². The van der Waals surface area contributed by atoms with Gasteiger partial charge in [0, 0.05) is 19.4 Å². The molecule has 1 aromatic heterocycles. The molecule has 1 rings (SSSR count). The number of alkyl carbamates (subject to hydrolysis) is 1. The number of carboxylic acid groups (broad SMARTS) is 2. The molecule has 4 amide bonds. The van der Waals surface area contributed by atoms with Gasteiger partial charge in [0.25, 0.3) is 0 Å². The molecule has 0 aliphatic rings. The fraction of sp³-hybridized carbons (Fsp3) is 0.645. The zero-order valence-corrected chi connectivity index (χ0v) is 29.4. The first kappa shape index (κ1) is 40.7. The second-order valence-electron chi connectivity index (χ2n) is 10.9. The number of amides is 4. The Labute approximate surface area is 285 Å². The minimum Gasteiger partial charge on any atom is -0.480 e. The second-order valence-corrected chi connectivity index (χ2v) is 12.6. The van der Waals surface area contributed by atoms with Gasteiger partial charge in [-0.05, 0) is 38.5 Å². The van der Waals surface area contributed by atoms with Crippen molar-refractivity contribution in [3.05, 3.63) is 24.0 Å². The van der Waals surface area contributed by atoms with Crippen LogP contribution in [0.15, 0.2) is 18.5 Å². The predicted octanol–water partition coefficient (Wildman–Crippen LogP) is 2.33. The van der Waals surface area contributed by atoms with Gasteiger partial charge in [-0.3, -0.25) is 9.59 Å². The minimum atomic E-state index is -1.09. The van der Waals surface area contributed by atoms with Crippen LogP contribution in [0.5, 0.6) is 0 Å². The molecule has 6 N–H and O–H groups in total. The summed E-state index contributed by atoms with van der Waals surface area (Å²) < 4.78 is 5.94. The van der Waals surface area contributed by atoms with Crippen LogP contribution in [0, 0.1) is 24.7 Å². The molecule has 2 atom stereocenters. The zero-order chi connectivity index (χ0) is 34.2. The number of carbonyl (C=O) groups is 6. The molecule has 0 saturated heterocycles. The van der Waals surface area contributed by atoms with Crippen LogP contribution in [0.1, 0.15) is 107 Å². The normalized spacial score (nSPS) is 12.0. The molecule has 1 heterocycles. The molecule has 1 unspecified atom stereocenters. The Bertz CT molecular complexity index is 1120. The zero-order valence-electron chi connectivity index (χ0n) is 26.5. The maximum absolute atomic E-state index is 12.2.